The number of nitrogens with one attached hydrogen (secondary N) is 1. The van der Waals surface area contributed by atoms with E-state index in [-0.39, 0.29) is 10.8 Å². The maximum atomic E-state index is 11.9. The first kappa shape index (κ1) is 12.6. The number of imidazole rings is 1. The first-order valence-electron chi connectivity index (χ1n) is 6.15. The molecule has 8 heteroatoms. The number of fused-ring (bicyclic) bond motifs is 1. The topological polar surface area (TPSA) is 76.0 Å². The van der Waals surface area contributed by atoms with E-state index in [2.05, 4.69) is 19.9 Å². The maximum Gasteiger partial charge on any atom is 0.278 e. The molecule has 102 valence electrons. The maximum absolute atomic E-state index is 11.9. The van der Waals surface area contributed by atoms with Gasteiger partial charge in [0.15, 0.2) is 11.2 Å². The second-order valence-electron chi connectivity index (χ2n) is 4.42. The highest BCUT2D eigenvalue weighted by atomic mass is 35.5. The predicted molar refractivity (Wildman–Crippen MR) is 70.4 cm³/mol. The molecule has 1 saturated heterocycles. The molecule has 3 heterocycles. The molecule has 0 aromatic carbocycles. The number of morpholine rings is 1. The number of aromatic nitrogens is 4. The van der Waals surface area contributed by atoms with Crippen molar-refractivity contribution in [2.75, 3.05) is 32.8 Å². The summed E-state index contributed by atoms with van der Waals surface area (Å²) in [5.41, 5.74) is 0.600. The number of nitrogens with zero attached hydrogens (tertiary/aromatic N) is 4. The first-order chi connectivity index (χ1) is 9.24. The zero-order valence-corrected chi connectivity index (χ0v) is 11.1. The third kappa shape index (κ3) is 2.63. The van der Waals surface area contributed by atoms with Crippen molar-refractivity contribution in [2.45, 2.75) is 6.54 Å². The molecular weight excluding hydrogens is 270 g/mol. The van der Waals surface area contributed by atoms with E-state index in [1.165, 1.54) is 0 Å². The molecule has 1 aliphatic rings. The number of hydrogen-bond donors (Lipinski definition) is 1. The van der Waals surface area contributed by atoms with Gasteiger partial charge in [-0.25, -0.2) is 4.98 Å². The van der Waals surface area contributed by atoms with Crippen molar-refractivity contribution in [1.29, 1.82) is 0 Å². The summed E-state index contributed by atoms with van der Waals surface area (Å²) < 4.78 is 7.11. The lowest BCUT2D eigenvalue weighted by molar-refractivity contribution is 0.0365. The smallest absolute Gasteiger partial charge is 0.278 e. The Labute approximate surface area is 114 Å². The number of aromatic amines is 1. The number of ether oxygens (including phenoxy) is 1. The standard InChI is InChI=1S/C11H14ClN5O2/c12-11-14-9-8(10(18)15-11)17(7-13-9)2-1-16-3-5-19-6-4-16/h7H,1-6H2,(H,14,15,18). The van der Waals surface area contributed by atoms with Gasteiger partial charge in [-0.05, 0) is 11.6 Å². The normalized spacial score (nSPS) is 17.1. The Bertz CT molecular complexity index is 632. The molecule has 0 spiro atoms. The van der Waals surface area contributed by atoms with Crippen molar-refractivity contribution in [3.63, 3.8) is 0 Å². The largest absolute Gasteiger partial charge is 0.379 e. The second kappa shape index (κ2) is 5.28. The molecule has 2 aromatic rings. The van der Waals surface area contributed by atoms with Crippen LogP contribution in [0.5, 0.6) is 0 Å². The van der Waals surface area contributed by atoms with Gasteiger partial charge in [0.1, 0.15) is 0 Å². The fourth-order valence-corrected chi connectivity index (χ4v) is 2.37. The van der Waals surface area contributed by atoms with Crippen molar-refractivity contribution < 1.29 is 4.74 Å². The minimum atomic E-state index is -0.255. The van der Waals surface area contributed by atoms with Crippen LogP contribution in [0.4, 0.5) is 0 Å². The summed E-state index contributed by atoms with van der Waals surface area (Å²) in [6, 6.07) is 0. The molecule has 7 nitrogen and oxygen atoms in total. The fraction of sp³-hybridized carbons (Fsp3) is 0.545. The van der Waals surface area contributed by atoms with Gasteiger partial charge >= 0.3 is 0 Å². The monoisotopic (exact) mass is 283 g/mol. The molecule has 3 rings (SSSR count). The van der Waals surface area contributed by atoms with E-state index < -0.39 is 0 Å². The molecule has 0 atom stereocenters. The summed E-state index contributed by atoms with van der Waals surface area (Å²) in [6.07, 6.45) is 1.63. The van der Waals surface area contributed by atoms with Crippen molar-refractivity contribution in [2.24, 2.45) is 0 Å². The zero-order valence-electron chi connectivity index (χ0n) is 10.3. The van der Waals surface area contributed by atoms with Crippen molar-refractivity contribution in [1.82, 2.24) is 24.4 Å². The lowest BCUT2D eigenvalue weighted by Crippen LogP contribution is -2.38. The highest BCUT2D eigenvalue weighted by molar-refractivity contribution is 6.28. The van der Waals surface area contributed by atoms with E-state index in [9.17, 15) is 4.79 Å². The van der Waals surface area contributed by atoms with Crippen molar-refractivity contribution in [3.8, 4) is 0 Å². The van der Waals surface area contributed by atoms with Crippen LogP contribution < -0.4 is 5.56 Å². The Kier molecular flexibility index (Phi) is 3.50. The van der Waals surface area contributed by atoms with Crippen molar-refractivity contribution in [3.05, 3.63) is 22.0 Å². The third-order valence-electron chi connectivity index (χ3n) is 3.22. The summed E-state index contributed by atoms with van der Waals surface area (Å²) in [5.74, 6) is 0. The Morgan fingerprint density at radius 1 is 1.37 bits per heavy atom. The van der Waals surface area contributed by atoms with Crippen LogP contribution in [0, 0.1) is 0 Å². The molecule has 0 radical (unpaired) electrons. The van der Waals surface area contributed by atoms with Gasteiger partial charge in [-0.3, -0.25) is 14.7 Å². The molecular formula is C11H14ClN5O2. The molecule has 0 unspecified atom stereocenters. The average Bonchev–Trinajstić information content (AvgIpc) is 2.81. The van der Waals surface area contributed by atoms with E-state index in [0.29, 0.717) is 17.7 Å². The molecule has 0 saturated carbocycles. The molecule has 1 N–H and O–H groups in total. The van der Waals surface area contributed by atoms with Crippen LogP contribution in [-0.4, -0.2) is 57.3 Å². The SMILES string of the molecule is O=c1[nH]c(Cl)nc2ncn(CCN3CCOCC3)c12. The summed E-state index contributed by atoms with van der Waals surface area (Å²) >= 11 is 5.69. The summed E-state index contributed by atoms with van der Waals surface area (Å²) in [4.78, 5) is 24.7. The molecule has 19 heavy (non-hydrogen) atoms. The second-order valence-corrected chi connectivity index (χ2v) is 4.78. The first-order valence-corrected chi connectivity index (χ1v) is 6.52. The van der Waals surface area contributed by atoms with E-state index >= 15 is 0 Å². The summed E-state index contributed by atoms with van der Waals surface area (Å²) in [7, 11) is 0. The lowest BCUT2D eigenvalue weighted by atomic mass is 10.4. The molecule has 1 fully saturated rings. The van der Waals surface area contributed by atoms with Gasteiger partial charge in [0, 0.05) is 26.2 Å². The lowest BCUT2D eigenvalue weighted by Gasteiger charge is -2.26. The van der Waals surface area contributed by atoms with E-state index in [0.717, 1.165) is 32.8 Å². The zero-order chi connectivity index (χ0) is 13.2. The highest BCUT2D eigenvalue weighted by Gasteiger charge is 2.13. The number of halogens is 1. The number of H-pyrrole nitrogens is 1. The van der Waals surface area contributed by atoms with Crippen LogP contribution in [0.15, 0.2) is 11.1 Å². The summed E-state index contributed by atoms with van der Waals surface area (Å²) in [5, 5.41) is 0.0657. The van der Waals surface area contributed by atoms with Crippen LogP contribution in [0.25, 0.3) is 11.2 Å². The van der Waals surface area contributed by atoms with E-state index in [4.69, 9.17) is 16.3 Å². The minimum absolute atomic E-state index is 0.0657. The van der Waals surface area contributed by atoms with Crippen LogP contribution in [0.1, 0.15) is 0 Å². The van der Waals surface area contributed by atoms with Gasteiger partial charge in [-0.2, -0.15) is 4.98 Å². The third-order valence-corrected chi connectivity index (χ3v) is 3.39. The van der Waals surface area contributed by atoms with Gasteiger partial charge < -0.3 is 9.30 Å². The van der Waals surface area contributed by atoms with Gasteiger partial charge in [0.05, 0.1) is 19.5 Å². The molecule has 0 bridgehead atoms. The Hall–Kier alpha value is -1.44. The summed E-state index contributed by atoms with van der Waals surface area (Å²) in [6.45, 7) is 4.94. The molecule has 0 amide bonds. The average molecular weight is 284 g/mol. The Balaban J connectivity index is 1.79. The van der Waals surface area contributed by atoms with E-state index in [1.54, 1.807) is 6.33 Å². The quantitative estimate of drug-likeness (QED) is 0.809. The van der Waals surface area contributed by atoms with Gasteiger partial charge in [0.25, 0.3) is 5.56 Å². The van der Waals surface area contributed by atoms with Gasteiger partial charge in [-0.1, -0.05) is 0 Å². The predicted octanol–water partition coefficient (Wildman–Crippen LogP) is 0.105. The molecule has 1 aliphatic heterocycles. The van der Waals surface area contributed by atoms with Crippen LogP contribution in [-0.2, 0) is 11.3 Å². The molecule has 0 aliphatic carbocycles. The van der Waals surface area contributed by atoms with Crippen LogP contribution >= 0.6 is 11.6 Å². The Morgan fingerprint density at radius 2 is 2.16 bits per heavy atom. The van der Waals surface area contributed by atoms with Crippen molar-refractivity contribution >= 4 is 22.8 Å². The van der Waals surface area contributed by atoms with Crippen LogP contribution in [0.3, 0.4) is 0 Å². The van der Waals surface area contributed by atoms with E-state index in [1.807, 2.05) is 4.57 Å². The van der Waals surface area contributed by atoms with Gasteiger partial charge in [0.2, 0.25) is 5.28 Å². The minimum Gasteiger partial charge on any atom is -0.379 e. The Morgan fingerprint density at radius 3 is 2.95 bits per heavy atom. The number of hydrogen-bond acceptors (Lipinski definition) is 5. The van der Waals surface area contributed by atoms with Gasteiger partial charge in [-0.15, -0.1) is 0 Å². The fourth-order valence-electron chi connectivity index (χ4n) is 2.20. The van der Waals surface area contributed by atoms with Crippen LogP contribution in [0.2, 0.25) is 5.28 Å². The number of rotatable bonds is 3. The molecule has 2 aromatic heterocycles. The highest BCUT2D eigenvalue weighted by Crippen LogP contribution is 2.08.